The van der Waals surface area contributed by atoms with Crippen molar-refractivity contribution < 1.29 is 20.1 Å². The van der Waals surface area contributed by atoms with E-state index in [0.717, 1.165) is 32.1 Å². The number of carbonyl (C=O) groups excluding carboxylic acids is 1. The van der Waals surface area contributed by atoms with Crippen LogP contribution in [0, 0.1) is 0 Å². The fourth-order valence-corrected chi connectivity index (χ4v) is 6.31. The van der Waals surface area contributed by atoms with Crippen molar-refractivity contribution in [1.82, 2.24) is 5.32 Å². The normalized spacial score (nSPS) is 13.7. The Labute approximate surface area is 275 Å². The predicted molar refractivity (Wildman–Crippen MR) is 190 cm³/mol. The fraction of sp³-hybridized carbons (Fsp3) is 0.974. The first-order chi connectivity index (χ1) is 21.6. The molecule has 0 aromatic rings. The zero-order valence-electron chi connectivity index (χ0n) is 29.8. The van der Waals surface area contributed by atoms with Gasteiger partial charge in [0.05, 0.1) is 18.8 Å². The van der Waals surface area contributed by atoms with Crippen molar-refractivity contribution >= 4 is 5.91 Å². The first-order valence-corrected chi connectivity index (χ1v) is 19.8. The zero-order chi connectivity index (χ0) is 32.4. The lowest BCUT2D eigenvalue weighted by Gasteiger charge is -2.23. The molecule has 0 bridgehead atoms. The molecule has 5 heteroatoms. The van der Waals surface area contributed by atoms with E-state index in [2.05, 4.69) is 19.2 Å². The topological polar surface area (TPSA) is 89.8 Å². The van der Waals surface area contributed by atoms with Gasteiger partial charge in [0.25, 0.3) is 0 Å². The van der Waals surface area contributed by atoms with E-state index in [1.54, 1.807) is 0 Å². The average molecular weight is 626 g/mol. The highest BCUT2D eigenvalue weighted by Gasteiger charge is 2.23. The van der Waals surface area contributed by atoms with Gasteiger partial charge in [0, 0.05) is 0 Å². The Morgan fingerprint density at radius 2 is 0.727 bits per heavy atom. The monoisotopic (exact) mass is 626 g/mol. The molecule has 0 heterocycles. The number of amides is 1. The van der Waals surface area contributed by atoms with Crippen LogP contribution in [0.15, 0.2) is 0 Å². The lowest BCUT2D eigenvalue weighted by atomic mass is 10.0. The van der Waals surface area contributed by atoms with Gasteiger partial charge in [0.2, 0.25) is 5.91 Å². The molecule has 0 aliphatic rings. The van der Waals surface area contributed by atoms with Gasteiger partial charge in [-0.25, -0.2) is 0 Å². The van der Waals surface area contributed by atoms with E-state index in [-0.39, 0.29) is 6.61 Å². The van der Waals surface area contributed by atoms with Crippen LogP contribution in [0.25, 0.3) is 0 Å². The number of hydrogen-bond donors (Lipinski definition) is 4. The summed E-state index contributed by atoms with van der Waals surface area (Å²) < 4.78 is 0. The highest BCUT2D eigenvalue weighted by atomic mass is 16.3. The molecule has 0 saturated carbocycles. The standard InChI is InChI=1S/C39H79NO4/c1-3-5-7-9-11-13-15-17-18-19-20-22-24-26-28-30-32-34-38(43)39(44)40-36(35-41)37(42)33-31-29-27-25-23-21-16-14-12-10-8-6-4-2/h36-38,41-43H,3-35H2,1-2H3,(H,40,44). The molecule has 44 heavy (non-hydrogen) atoms. The van der Waals surface area contributed by atoms with Gasteiger partial charge in [-0.3, -0.25) is 4.79 Å². The van der Waals surface area contributed by atoms with E-state index in [1.807, 2.05) is 0 Å². The van der Waals surface area contributed by atoms with Crippen molar-refractivity contribution in [3.63, 3.8) is 0 Å². The molecule has 0 fully saturated rings. The van der Waals surface area contributed by atoms with Crippen LogP contribution in [0.4, 0.5) is 0 Å². The molecule has 0 aromatic carbocycles. The van der Waals surface area contributed by atoms with E-state index >= 15 is 0 Å². The van der Waals surface area contributed by atoms with Crippen LogP contribution >= 0.6 is 0 Å². The van der Waals surface area contributed by atoms with Gasteiger partial charge in [0.15, 0.2) is 0 Å². The van der Waals surface area contributed by atoms with E-state index in [0.29, 0.717) is 12.8 Å². The number of unbranched alkanes of at least 4 members (excludes halogenated alkanes) is 28. The number of aliphatic hydroxyl groups is 3. The van der Waals surface area contributed by atoms with Crippen molar-refractivity contribution in [1.29, 1.82) is 0 Å². The summed E-state index contributed by atoms with van der Waals surface area (Å²) in [4.78, 5) is 12.4. The highest BCUT2D eigenvalue weighted by molar-refractivity contribution is 5.80. The largest absolute Gasteiger partial charge is 0.394 e. The third-order valence-corrected chi connectivity index (χ3v) is 9.48. The maximum atomic E-state index is 12.4. The molecule has 5 nitrogen and oxygen atoms in total. The zero-order valence-corrected chi connectivity index (χ0v) is 29.8. The Balaban J connectivity index is 3.62. The summed E-state index contributed by atoms with van der Waals surface area (Å²) in [5.41, 5.74) is 0. The molecule has 1 amide bonds. The van der Waals surface area contributed by atoms with Gasteiger partial charge in [0.1, 0.15) is 6.10 Å². The van der Waals surface area contributed by atoms with Gasteiger partial charge in [-0.05, 0) is 12.8 Å². The summed E-state index contributed by atoms with van der Waals surface area (Å²) >= 11 is 0. The minimum atomic E-state index is -1.07. The van der Waals surface area contributed by atoms with E-state index in [4.69, 9.17) is 0 Å². The van der Waals surface area contributed by atoms with Crippen LogP contribution in [0.2, 0.25) is 0 Å². The molecule has 0 saturated heterocycles. The summed E-state index contributed by atoms with van der Waals surface area (Å²) in [6.45, 7) is 4.23. The van der Waals surface area contributed by atoms with Crippen LogP contribution in [0.3, 0.4) is 0 Å². The summed E-state index contributed by atoms with van der Waals surface area (Å²) in [5, 5.41) is 33.2. The Bertz CT molecular complexity index is 572. The second-order valence-electron chi connectivity index (χ2n) is 13.9. The SMILES string of the molecule is CCCCCCCCCCCCCCCCCCCC(O)C(=O)NC(CO)C(O)CCCCCCCCCCCCCCC. The lowest BCUT2D eigenvalue weighted by Crippen LogP contribution is -2.49. The number of carbonyl (C=O) groups is 1. The van der Waals surface area contributed by atoms with E-state index in [9.17, 15) is 20.1 Å². The molecule has 0 aromatic heterocycles. The average Bonchev–Trinajstić information content (AvgIpc) is 3.03. The highest BCUT2D eigenvalue weighted by Crippen LogP contribution is 2.16. The minimum absolute atomic E-state index is 0.308. The second kappa shape index (κ2) is 35.2. The van der Waals surface area contributed by atoms with Crippen molar-refractivity contribution in [2.75, 3.05) is 6.61 Å². The third-order valence-electron chi connectivity index (χ3n) is 9.48. The molecule has 0 radical (unpaired) electrons. The van der Waals surface area contributed by atoms with Crippen LogP contribution in [0.5, 0.6) is 0 Å². The Morgan fingerprint density at radius 3 is 1.02 bits per heavy atom. The maximum absolute atomic E-state index is 12.4. The Kier molecular flexibility index (Phi) is 34.7. The van der Waals surface area contributed by atoms with Crippen molar-refractivity contribution in [2.24, 2.45) is 0 Å². The molecule has 264 valence electrons. The quantitative estimate of drug-likeness (QED) is 0.0521. The fourth-order valence-electron chi connectivity index (χ4n) is 6.31. The van der Waals surface area contributed by atoms with Crippen LogP contribution in [0.1, 0.15) is 219 Å². The molecule has 3 unspecified atom stereocenters. The number of nitrogens with one attached hydrogen (secondary N) is 1. The lowest BCUT2D eigenvalue weighted by molar-refractivity contribution is -0.131. The first kappa shape index (κ1) is 43.4. The molecule has 0 spiro atoms. The van der Waals surface area contributed by atoms with Crippen molar-refractivity contribution in [3.05, 3.63) is 0 Å². The second-order valence-corrected chi connectivity index (χ2v) is 13.9. The van der Waals surface area contributed by atoms with E-state index in [1.165, 1.54) is 161 Å². The van der Waals surface area contributed by atoms with Gasteiger partial charge in [-0.2, -0.15) is 0 Å². The number of rotatable bonds is 36. The molecule has 4 N–H and O–H groups in total. The van der Waals surface area contributed by atoms with Gasteiger partial charge in [-0.15, -0.1) is 0 Å². The van der Waals surface area contributed by atoms with Crippen LogP contribution < -0.4 is 5.32 Å². The van der Waals surface area contributed by atoms with Crippen molar-refractivity contribution in [2.45, 2.75) is 238 Å². The van der Waals surface area contributed by atoms with Gasteiger partial charge >= 0.3 is 0 Å². The predicted octanol–water partition coefficient (Wildman–Crippen LogP) is 10.7. The molecule has 0 aliphatic heterocycles. The molecule has 3 atom stereocenters. The summed E-state index contributed by atoms with van der Waals surface area (Å²) in [6, 6.07) is -0.704. The number of hydrogen-bond acceptors (Lipinski definition) is 4. The smallest absolute Gasteiger partial charge is 0.249 e. The molecule has 0 rings (SSSR count). The first-order valence-electron chi connectivity index (χ1n) is 19.8. The van der Waals surface area contributed by atoms with Crippen LogP contribution in [-0.2, 0) is 4.79 Å². The van der Waals surface area contributed by atoms with Gasteiger partial charge in [-0.1, -0.05) is 206 Å². The Morgan fingerprint density at radius 1 is 0.455 bits per heavy atom. The maximum Gasteiger partial charge on any atom is 0.249 e. The Hall–Kier alpha value is -0.650. The van der Waals surface area contributed by atoms with Crippen LogP contribution in [-0.4, -0.2) is 46.1 Å². The number of aliphatic hydroxyl groups excluding tert-OH is 3. The van der Waals surface area contributed by atoms with Crippen molar-refractivity contribution in [3.8, 4) is 0 Å². The summed E-state index contributed by atoms with van der Waals surface area (Å²) in [6.07, 6.45) is 38.0. The van der Waals surface area contributed by atoms with E-state index < -0.39 is 24.2 Å². The third kappa shape index (κ3) is 30.0. The molecule has 0 aliphatic carbocycles. The summed E-state index contributed by atoms with van der Waals surface area (Å²) in [5.74, 6) is -0.468. The molecular formula is C39H79NO4. The summed E-state index contributed by atoms with van der Waals surface area (Å²) in [7, 11) is 0. The molecular weight excluding hydrogens is 546 g/mol. The minimum Gasteiger partial charge on any atom is -0.394 e. The van der Waals surface area contributed by atoms with Gasteiger partial charge < -0.3 is 20.6 Å².